The van der Waals surface area contributed by atoms with Gasteiger partial charge in [-0.2, -0.15) is 0 Å². The first-order valence-electron chi connectivity index (χ1n) is 12.5. The predicted molar refractivity (Wildman–Crippen MR) is 144 cm³/mol. The fraction of sp³-hybridized carbons (Fsp3) is 0.481. The third kappa shape index (κ3) is 7.46. The third-order valence-corrected chi connectivity index (χ3v) is 8.06. The molecule has 0 spiro atoms. The first kappa shape index (κ1) is 28.0. The van der Waals surface area contributed by atoms with E-state index < -0.39 is 28.5 Å². The summed E-state index contributed by atoms with van der Waals surface area (Å²) >= 11 is 6.04. The minimum Gasteiger partial charge on any atom is -0.352 e. The Bertz CT molecular complexity index is 1130. The molecule has 2 aromatic carbocycles. The van der Waals surface area contributed by atoms with Crippen molar-refractivity contribution < 1.29 is 18.0 Å². The van der Waals surface area contributed by atoms with Crippen LogP contribution >= 0.6 is 11.6 Å². The van der Waals surface area contributed by atoms with Crippen LogP contribution in [0.4, 0.5) is 5.69 Å². The van der Waals surface area contributed by atoms with E-state index >= 15 is 0 Å². The maximum absolute atomic E-state index is 13.7. The number of nitrogens with zero attached hydrogens (tertiary/aromatic N) is 2. The second-order valence-electron chi connectivity index (χ2n) is 9.35. The van der Waals surface area contributed by atoms with E-state index in [9.17, 15) is 18.0 Å². The summed E-state index contributed by atoms with van der Waals surface area (Å²) in [7, 11) is -3.75. The Balaban J connectivity index is 1.90. The highest BCUT2D eigenvalue weighted by molar-refractivity contribution is 7.92. The SMILES string of the molecule is CCc1ccc(N(CC(=O)N(Cc2ccc(Cl)cc2)[C@H](CC)C(=O)NC2CCCC2)S(C)(=O)=O)cc1. The average molecular weight is 534 g/mol. The zero-order valence-corrected chi connectivity index (χ0v) is 22.8. The molecule has 0 bridgehead atoms. The Kier molecular flexibility index (Phi) is 9.79. The predicted octanol–water partition coefficient (Wildman–Crippen LogP) is 4.53. The normalized spacial score (nSPS) is 14.9. The van der Waals surface area contributed by atoms with Gasteiger partial charge in [0.05, 0.1) is 11.9 Å². The van der Waals surface area contributed by atoms with Gasteiger partial charge in [0.2, 0.25) is 21.8 Å². The van der Waals surface area contributed by atoms with Gasteiger partial charge in [-0.3, -0.25) is 13.9 Å². The molecule has 1 N–H and O–H groups in total. The van der Waals surface area contributed by atoms with Crippen molar-refractivity contribution in [2.24, 2.45) is 0 Å². The van der Waals surface area contributed by atoms with Crippen molar-refractivity contribution in [1.82, 2.24) is 10.2 Å². The van der Waals surface area contributed by atoms with Crippen molar-refractivity contribution in [3.05, 3.63) is 64.7 Å². The summed E-state index contributed by atoms with van der Waals surface area (Å²) in [5, 5.41) is 3.67. The summed E-state index contributed by atoms with van der Waals surface area (Å²) in [6.07, 6.45) is 6.33. The van der Waals surface area contributed by atoms with Crippen molar-refractivity contribution >= 4 is 39.1 Å². The van der Waals surface area contributed by atoms with Gasteiger partial charge in [0, 0.05) is 17.6 Å². The molecule has 1 atom stereocenters. The number of nitrogens with one attached hydrogen (secondary N) is 1. The van der Waals surface area contributed by atoms with Gasteiger partial charge in [0.1, 0.15) is 12.6 Å². The molecular formula is C27H36ClN3O4S. The first-order valence-corrected chi connectivity index (χ1v) is 14.8. The summed E-state index contributed by atoms with van der Waals surface area (Å²) in [5.74, 6) is -0.645. The van der Waals surface area contributed by atoms with Crippen LogP contribution < -0.4 is 9.62 Å². The minimum atomic E-state index is -3.75. The Morgan fingerprint density at radius 2 is 1.58 bits per heavy atom. The Morgan fingerprint density at radius 1 is 1.00 bits per heavy atom. The summed E-state index contributed by atoms with van der Waals surface area (Å²) in [6.45, 7) is 3.64. The summed E-state index contributed by atoms with van der Waals surface area (Å²) in [5.41, 5.74) is 2.29. The zero-order valence-electron chi connectivity index (χ0n) is 21.2. The number of rotatable bonds is 11. The summed E-state index contributed by atoms with van der Waals surface area (Å²) < 4.78 is 26.5. The van der Waals surface area contributed by atoms with Crippen LogP contribution in [0.25, 0.3) is 0 Å². The largest absolute Gasteiger partial charge is 0.352 e. The fourth-order valence-corrected chi connectivity index (χ4v) is 5.56. The van der Waals surface area contributed by atoms with Gasteiger partial charge in [-0.05, 0) is 61.1 Å². The highest BCUT2D eigenvalue weighted by atomic mass is 35.5. The van der Waals surface area contributed by atoms with Gasteiger partial charge < -0.3 is 10.2 Å². The Morgan fingerprint density at radius 3 is 2.11 bits per heavy atom. The van der Waals surface area contributed by atoms with Gasteiger partial charge in [-0.1, -0.05) is 62.6 Å². The van der Waals surface area contributed by atoms with Crippen molar-refractivity contribution in [1.29, 1.82) is 0 Å². The smallest absolute Gasteiger partial charge is 0.244 e. The molecule has 7 nitrogen and oxygen atoms in total. The van der Waals surface area contributed by atoms with Gasteiger partial charge in [0.25, 0.3) is 0 Å². The number of amides is 2. The minimum absolute atomic E-state index is 0.114. The van der Waals surface area contributed by atoms with Crippen LogP contribution in [0.1, 0.15) is 57.1 Å². The molecule has 1 aliphatic rings. The zero-order chi connectivity index (χ0) is 26.3. The molecule has 9 heteroatoms. The van der Waals surface area contributed by atoms with E-state index in [4.69, 9.17) is 11.6 Å². The van der Waals surface area contributed by atoms with E-state index in [0.29, 0.717) is 17.1 Å². The second kappa shape index (κ2) is 12.6. The van der Waals surface area contributed by atoms with Crippen molar-refractivity contribution in [3.8, 4) is 0 Å². The van der Waals surface area contributed by atoms with Crippen molar-refractivity contribution in [2.75, 3.05) is 17.1 Å². The standard InChI is InChI=1S/C27H36ClN3O4S/c1-4-20-12-16-24(17-13-20)31(36(3,34)35)19-26(32)30(18-21-10-14-22(28)15-11-21)25(5-2)27(33)29-23-8-6-7-9-23/h10-17,23,25H,4-9,18-19H2,1-3H3,(H,29,33)/t25-/m1/s1. The quantitative estimate of drug-likeness (QED) is 0.459. The molecule has 0 heterocycles. The van der Waals surface area contributed by atoms with E-state index in [1.807, 2.05) is 38.1 Å². The van der Waals surface area contributed by atoms with E-state index in [1.54, 1.807) is 24.3 Å². The number of halogens is 1. The topological polar surface area (TPSA) is 86.8 Å². The molecule has 1 fully saturated rings. The maximum Gasteiger partial charge on any atom is 0.244 e. The van der Waals surface area contributed by atoms with Crippen LogP contribution in [0.15, 0.2) is 48.5 Å². The van der Waals surface area contributed by atoms with Gasteiger partial charge >= 0.3 is 0 Å². The third-order valence-electron chi connectivity index (χ3n) is 6.67. The molecule has 36 heavy (non-hydrogen) atoms. The molecule has 2 amide bonds. The molecule has 2 aromatic rings. The summed E-state index contributed by atoms with van der Waals surface area (Å²) in [6, 6.07) is 13.6. The van der Waals surface area contributed by atoms with Gasteiger partial charge in [-0.25, -0.2) is 8.42 Å². The van der Waals surface area contributed by atoms with Crippen LogP contribution in [0.3, 0.4) is 0 Å². The second-order valence-corrected chi connectivity index (χ2v) is 11.7. The molecule has 0 aromatic heterocycles. The lowest BCUT2D eigenvalue weighted by atomic mass is 10.1. The van der Waals surface area contributed by atoms with Crippen LogP contribution in [-0.2, 0) is 32.6 Å². The van der Waals surface area contributed by atoms with E-state index in [-0.39, 0.29) is 18.5 Å². The first-order chi connectivity index (χ1) is 17.1. The van der Waals surface area contributed by atoms with Crippen LogP contribution in [-0.4, -0.2) is 50.0 Å². The van der Waals surface area contributed by atoms with E-state index in [1.165, 1.54) is 4.90 Å². The van der Waals surface area contributed by atoms with E-state index in [0.717, 1.165) is 53.8 Å². The van der Waals surface area contributed by atoms with Crippen molar-refractivity contribution in [3.63, 3.8) is 0 Å². The number of carbonyl (C=O) groups is 2. The monoisotopic (exact) mass is 533 g/mol. The Labute approximate surface area is 219 Å². The summed E-state index contributed by atoms with van der Waals surface area (Å²) in [4.78, 5) is 28.5. The number of carbonyl (C=O) groups excluding carboxylic acids is 2. The lowest BCUT2D eigenvalue weighted by Crippen LogP contribution is -2.53. The molecule has 1 saturated carbocycles. The number of anilines is 1. The lowest BCUT2D eigenvalue weighted by molar-refractivity contribution is -0.140. The van der Waals surface area contributed by atoms with Crippen molar-refractivity contribution in [2.45, 2.75) is 71.0 Å². The molecule has 1 aliphatic carbocycles. The highest BCUT2D eigenvalue weighted by Crippen LogP contribution is 2.22. The van der Waals surface area contributed by atoms with Gasteiger partial charge in [0.15, 0.2) is 0 Å². The fourth-order valence-electron chi connectivity index (χ4n) is 4.59. The molecule has 196 valence electrons. The van der Waals surface area contributed by atoms with Crippen LogP contribution in [0.5, 0.6) is 0 Å². The number of benzene rings is 2. The highest BCUT2D eigenvalue weighted by Gasteiger charge is 2.33. The van der Waals surface area contributed by atoms with Crippen LogP contribution in [0, 0.1) is 0 Å². The maximum atomic E-state index is 13.7. The van der Waals surface area contributed by atoms with Crippen LogP contribution in [0.2, 0.25) is 5.02 Å². The molecule has 3 rings (SSSR count). The molecule has 0 unspecified atom stereocenters. The molecular weight excluding hydrogens is 498 g/mol. The molecule has 0 radical (unpaired) electrons. The molecule has 0 saturated heterocycles. The number of aryl methyl sites for hydroxylation is 1. The number of hydrogen-bond acceptors (Lipinski definition) is 4. The Hall–Kier alpha value is -2.58. The average Bonchev–Trinajstić information content (AvgIpc) is 3.36. The van der Waals surface area contributed by atoms with Gasteiger partial charge in [-0.15, -0.1) is 0 Å². The lowest BCUT2D eigenvalue weighted by Gasteiger charge is -2.33. The number of hydrogen-bond donors (Lipinski definition) is 1. The number of sulfonamides is 1. The van der Waals surface area contributed by atoms with E-state index in [2.05, 4.69) is 5.32 Å². The molecule has 0 aliphatic heterocycles.